The second-order valence-electron chi connectivity index (χ2n) is 7.10. The number of rotatable bonds is 8. The van der Waals surface area contributed by atoms with Gasteiger partial charge in [0.1, 0.15) is 0 Å². The van der Waals surface area contributed by atoms with Crippen molar-refractivity contribution >= 4 is 11.9 Å². The molecule has 0 N–H and O–H groups in total. The highest BCUT2D eigenvalue weighted by atomic mass is 16.5. The maximum absolute atomic E-state index is 12.8. The molecule has 0 saturated heterocycles. The van der Waals surface area contributed by atoms with E-state index in [-0.39, 0.29) is 5.91 Å². The molecule has 2 heterocycles. The molecule has 1 amide bonds. The fourth-order valence-corrected chi connectivity index (χ4v) is 3.72. The second-order valence-corrected chi connectivity index (χ2v) is 7.10. The first-order valence-electron chi connectivity index (χ1n) is 10.3. The average molecular weight is 415 g/mol. The van der Waals surface area contributed by atoms with Gasteiger partial charge in [0, 0.05) is 44.2 Å². The zero-order valence-electron chi connectivity index (χ0n) is 18.1. The van der Waals surface area contributed by atoms with Gasteiger partial charge in [-0.3, -0.25) is 9.48 Å². The first kappa shape index (κ1) is 21.7. The molecule has 1 aromatic heterocycles. The van der Waals surface area contributed by atoms with Gasteiger partial charge in [-0.05, 0) is 38.0 Å². The van der Waals surface area contributed by atoms with Crippen molar-refractivity contribution in [2.45, 2.75) is 39.7 Å². The Kier molecular flexibility index (Phi) is 6.97. The van der Waals surface area contributed by atoms with E-state index in [1.807, 2.05) is 32.2 Å². The smallest absolute Gasteiger partial charge is 0.359 e. The SMILES string of the molecule is CCOC(=O)c1nn(C)c2c1CN(C(=O)CCc1ccc(OCC)c(OC)c1)CC2. The van der Waals surface area contributed by atoms with Crippen LogP contribution in [0.25, 0.3) is 0 Å². The Labute approximate surface area is 176 Å². The number of aromatic nitrogens is 2. The van der Waals surface area contributed by atoms with Crippen LogP contribution in [0.5, 0.6) is 11.5 Å². The number of ether oxygens (including phenoxy) is 3. The number of methoxy groups -OCH3 is 1. The van der Waals surface area contributed by atoms with Crippen LogP contribution in [0.1, 0.15) is 47.6 Å². The molecule has 0 spiro atoms. The number of nitrogens with zero attached hydrogens (tertiary/aromatic N) is 3. The number of carbonyl (C=O) groups is 2. The Balaban J connectivity index is 1.66. The first-order valence-corrected chi connectivity index (χ1v) is 10.3. The molecular weight excluding hydrogens is 386 g/mol. The van der Waals surface area contributed by atoms with E-state index in [1.165, 1.54) is 0 Å². The van der Waals surface area contributed by atoms with Gasteiger partial charge < -0.3 is 19.1 Å². The summed E-state index contributed by atoms with van der Waals surface area (Å²) in [5.74, 6) is 0.970. The molecule has 3 rings (SSSR count). The molecule has 2 aromatic rings. The highest BCUT2D eigenvalue weighted by molar-refractivity contribution is 5.89. The lowest BCUT2D eigenvalue weighted by atomic mass is 10.0. The number of hydrogen-bond acceptors (Lipinski definition) is 6. The molecule has 8 nitrogen and oxygen atoms in total. The van der Waals surface area contributed by atoms with Crippen molar-refractivity contribution in [2.75, 3.05) is 26.9 Å². The normalized spacial score (nSPS) is 13.0. The van der Waals surface area contributed by atoms with E-state index in [9.17, 15) is 9.59 Å². The minimum atomic E-state index is -0.440. The Bertz CT molecular complexity index is 922. The van der Waals surface area contributed by atoms with Gasteiger partial charge in [-0.25, -0.2) is 4.79 Å². The van der Waals surface area contributed by atoms with Crippen molar-refractivity contribution in [3.63, 3.8) is 0 Å². The lowest BCUT2D eigenvalue weighted by molar-refractivity contribution is -0.132. The Morgan fingerprint density at radius 3 is 2.67 bits per heavy atom. The van der Waals surface area contributed by atoms with Gasteiger partial charge in [0.15, 0.2) is 17.2 Å². The highest BCUT2D eigenvalue weighted by Crippen LogP contribution is 2.29. The van der Waals surface area contributed by atoms with E-state index in [0.29, 0.717) is 62.8 Å². The van der Waals surface area contributed by atoms with Crippen LogP contribution in [0.3, 0.4) is 0 Å². The number of aryl methyl sites for hydroxylation is 2. The summed E-state index contributed by atoms with van der Waals surface area (Å²) in [4.78, 5) is 26.9. The summed E-state index contributed by atoms with van der Waals surface area (Å²) in [7, 11) is 3.42. The van der Waals surface area contributed by atoms with E-state index in [4.69, 9.17) is 14.2 Å². The molecule has 0 radical (unpaired) electrons. The predicted molar refractivity (Wildman–Crippen MR) is 111 cm³/mol. The van der Waals surface area contributed by atoms with Crippen molar-refractivity contribution in [1.82, 2.24) is 14.7 Å². The third-order valence-corrected chi connectivity index (χ3v) is 5.22. The van der Waals surface area contributed by atoms with Gasteiger partial charge in [0.05, 0.1) is 20.3 Å². The van der Waals surface area contributed by atoms with Gasteiger partial charge in [-0.1, -0.05) is 6.07 Å². The minimum absolute atomic E-state index is 0.0483. The maximum Gasteiger partial charge on any atom is 0.359 e. The molecule has 0 atom stereocenters. The van der Waals surface area contributed by atoms with Gasteiger partial charge in [0.2, 0.25) is 5.91 Å². The summed E-state index contributed by atoms with van der Waals surface area (Å²) in [5, 5.41) is 4.32. The molecule has 162 valence electrons. The van der Waals surface area contributed by atoms with Crippen molar-refractivity contribution in [2.24, 2.45) is 7.05 Å². The second kappa shape index (κ2) is 9.65. The van der Waals surface area contributed by atoms with Crippen molar-refractivity contribution < 1.29 is 23.8 Å². The van der Waals surface area contributed by atoms with Crippen LogP contribution in [0, 0.1) is 0 Å². The monoisotopic (exact) mass is 415 g/mol. The van der Waals surface area contributed by atoms with Crippen LogP contribution in [0.4, 0.5) is 0 Å². The van der Waals surface area contributed by atoms with Crippen LogP contribution in [0.2, 0.25) is 0 Å². The molecule has 1 aliphatic rings. The van der Waals surface area contributed by atoms with Crippen molar-refractivity contribution in [3.05, 3.63) is 40.7 Å². The summed E-state index contributed by atoms with van der Waals surface area (Å²) in [6, 6.07) is 5.73. The Morgan fingerprint density at radius 1 is 1.17 bits per heavy atom. The van der Waals surface area contributed by atoms with Gasteiger partial charge >= 0.3 is 5.97 Å². The Morgan fingerprint density at radius 2 is 1.97 bits per heavy atom. The lowest BCUT2D eigenvalue weighted by Crippen LogP contribution is -2.36. The fraction of sp³-hybridized carbons (Fsp3) is 0.500. The summed E-state index contributed by atoms with van der Waals surface area (Å²) < 4.78 is 17.8. The Hall–Kier alpha value is -3.03. The van der Waals surface area contributed by atoms with Crippen molar-refractivity contribution in [3.8, 4) is 11.5 Å². The minimum Gasteiger partial charge on any atom is -0.493 e. The number of amides is 1. The van der Waals surface area contributed by atoms with Gasteiger partial charge in [-0.2, -0.15) is 5.10 Å². The average Bonchev–Trinajstić information content (AvgIpc) is 3.09. The third kappa shape index (κ3) is 4.58. The fourth-order valence-electron chi connectivity index (χ4n) is 3.72. The summed E-state index contributed by atoms with van der Waals surface area (Å²) >= 11 is 0. The molecule has 0 fully saturated rings. The van der Waals surface area contributed by atoms with E-state index >= 15 is 0 Å². The summed E-state index contributed by atoms with van der Waals surface area (Å²) in [5.41, 5.74) is 3.09. The number of fused-ring (bicyclic) bond motifs is 1. The molecule has 8 heteroatoms. The van der Waals surface area contributed by atoms with Crippen LogP contribution in [0.15, 0.2) is 18.2 Å². The van der Waals surface area contributed by atoms with E-state index in [2.05, 4.69) is 5.10 Å². The van der Waals surface area contributed by atoms with Crippen LogP contribution in [-0.2, 0) is 36.0 Å². The third-order valence-electron chi connectivity index (χ3n) is 5.22. The van der Waals surface area contributed by atoms with Crippen LogP contribution < -0.4 is 9.47 Å². The van der Waals surface area contributed by atoms with Gasteiger partial charge in [0.25, 0.3) is 0 Å². The van der Waals surface area contributed by atoms with E-state index < -0.39 is 5.97 Å². The first-order chi connectivity index (χ1) is 14.5. The zero-order valence-corrected chi connectivity index (χ0v) is 18.1. The number of hydrogen-bond donors (Lipinski definition) is 0. The topological polar surface area (TPSA) is 82.9 Å². The molecular formula is C22H29N3O5. The highest BCUT2D eigenvalue weighted by Gasteiger charge is 2.29. The molecule has 1 aliphatic heterocycles. The van der Waals surface area contributed by atoms with E-state index in [1.54, 1.807) is 23.6 Å². The van der Waals surface area contributed by atoms with Gasteiger partial charge in [-0.15, -0.1) is 0 Å². The summed E-state index contributed by atoms with van der Waals surface area (Å²) in [6.45, 7) is 5.53. The molecule has 0 unspecified atom stereocenters. The quantitative estimate of drug-likeness (QED) is 0.616. The zero-order chi connectivity index (χ0) is 21.7. The van der Waals surface area contributed by atoms with Crippen LogP contribution in [-0.4, -0.2) is 53.4 Å². The maximum atomic E-state index is 12.8. The van der Waals surface area contributed by atoms with Crippen molar-refractivity contribution in [1.29, 1.82) is 0 Å². The summed E-state index contributed by atoms with van der Waals surface area (Å²) in [6.07, 6.45) is 1.64. The lowest BCUT2D eigenvalue weighted by Gasteiger charge is -2.27. The van der Waals surface area contributed by atoms with E-state index in [0.717, 1.165) is 16.8 Å². The number of benzene rings is 1. The molecule has 30 heavy (non-hydrogen) atoms. The molecule has 0 aliphatic carbocycles. The predicted octanol–water partition coefficient (Wildman–Crippen LogP) is 2.52. The molecule has 0 bridgehead atoms. The number of carbonyl (C=O) groups excluding carboxylic acids is 2. The molecule has 0 saturated carbocycles. The standard InChI is InChI=1S/C22H29N3O5/c1-5-29-18-9-7-15(13-19(18)28-4)8-10-20(26)25-12-11-17-16(14-25)21(23-24(17)3)22(27)30-6-2/h7,9,13H,5-6,8,10-12,14H2,1-4H3. The molecule has 1 aromatic carbocycles. The largest absolute Gasteiger partial charge is 0.493 e. The van der Waals surface area contributed by atoms with Crippen LogP contribution >= 0.6 is 0 Å². The number of esters is 1.